The number of rotatable bonds is 7. The van der Waals surface area contributed by atoms with Crippen LogP contribution in [0.25, 0.3) is 0 Å². The first-order valence-corrected chi connectivity index (χ1v) is 8.22. The summed E-state index contributed by atoms with van der Waals surface area (Å²) < 4.78 is 4.68. The zero-order valence-electron chi connectivity index (χ0n) is 13.8. The molecule has 0 aromatic heterocycles. The van der Waals surface area contributed by atoms with Crippen molar-refractivity contribution < 1.29 is 14.6 Å². The fourth-order valence-corrected chi connectivity index (χ4v) is 2.72. The molecule has 0 aliphatic rings. The van der Waals surface area contributed by atoms with Crippen LogP contribution in [0.15, 0.2) is 48.5 Å². The van der Waals surface area contributed by atoms with Crippen molar-refractivity contribution in [3.05, 3.63) is 70.2 Å². The Morgan fingerprint density at radius 2 is 1.96 bits per heavy atom. The third kappa shape index (κ3) is 5.06. The van der Waals surface area contributed by atoms with Crippen LogP contribution in [-0.2, 0) is 11.2 Å². The van der Waals surface area contributed by atoms with E-state index in [4.69, 9.17) is 11.6 Å². The van der Waals surface area contributed by atoms with Gasteiger partial charge in [0.05, 0.1) is 18.8 Å². The predicted molar refractivity (Wildman–Crippen MR) is 95.4 cm³/mol. The summed E-state index contributed by atoms with van der Waals surface area (Å²) >= 11 is 6.25. The summed E-state index contributed by atoms with van der Waals surface area (Å²) in [6.07, 6.45) is 0.146. The maximum atomic E-state index is 11.5. The van der Waals surface area contributed by atoms with Gasteiger partial charge >= 0.3 is 5.97 Å². The van der Waals surface area contributed by atoms with E-state index in [2.05, 4.69) is 10.1 Å². The number of hydrogen-bond donors (Lipinski definition) is 2. The molecule has 24 heavy (non-hydrogen) atoms. The van der Waals surface area contributed by atoms with Crippen LogP contribution >= 0.6 is 11.6 Å². The summed E-state index contributed by atoms with van der Waals surface area (Å²) in [5.74, 6) is -0.402. The van der Waals surface area contributed by atoms with Gasteiger partial charge in [-0.1, -0.05) is 48.0 Å². The molecular formula is C19H22ClNO3. The van der Waals surface area contributed by atoms with Gasteiger partial charge in [-0.2, -0.15) is 0 Å². The summed E-state index contributed by atoms with van der Waals surface area (Å²) in [4.78, 5) is 11.5. The van der Waals surface area contributed by atoms with E-state index < -0.39 is 12.1 Å². The van der Waals surface area contributed by atoms with E-state index in [1.54, 1.807) is 12.1 Å². The topological polar surface area (TPSA) is 58.6 Å². The van der Waals surface area contributed by atoms with Crippen LogP contribution in [0.2, 0.25) is 5.02 Å². The normalized spacial score (nSPS) is 13.3. The molecule has 2 N–H and O–H groups in total. The predicted octanol–water partition coefficient (Wildman–Crippen LogP) is 3.38. The second kappa shape index (κ2) is 8.83. The fraction of sp³-hybridized carbons (Fsp3) is 0.316. The highest BCUT2D eigenvalue weighted by Gasteiger charge is 2.13. The molecule has 2 aromatic rings. The highest BCUT2D eigenvalue weighted by atomic mass is 35.5. The van der Waals surface area contributed by atoms with Crippen LogP contribution in [0, 0.1) is 0 Å². The van der Waals surface area contributed by atoms with Gasteiger partial charge in [-0.05, 0) is 36.6 Å². The van der Waals surface area contributed by atoms with Crippen molar-refractivity contribution in [2.24, 2.45) is 0 Å². The Bertz CT molecular complexity index is 676. The third-order valence-corrected chi connectivity index (χ3v) is 4.20. The molecule has 0 aliphatic heterocycles. The zero-order valence-corrected chi connectivity index (χ0v) is 14.6. The Kier molecular flexibility index (Phi) is 6.79. The van der Waals surface area contributed by atoms with Gasteiger partial charge in [-0.3, -0.25) is 0 Å². The summed E-state index contributed by atoms with van der Waals surface area (Å²) in [6, 6.07) is 14.8. The number of halogens is 1. The van der Waals surface area contributed by atoms with Crippen LogP contribution in [-0.4, -0.2) is 30.8 Å². The van der Waals surface area contributed by atoms with E-state index in [0.29, 0.717) is 23.6 Å². The minimum absolute atomic E-state index is 0.129. The average molecular weight is 348 g/mol. The van der Waals surface area contributed by atoms with Crippen LogP contribution in [0.1, 0.15) is 34.5 Å². The van der Waals surface area contributed by atoms with E-state index in [9.17, 15) is 9.90 Å². The van der Waals surface area contributed by atoms with E-state index in [0.717, 1.165) is 11.1 Å². The Morgan fingerprint density at radius 3 is 2.58 bits per heavy atom. The average Bonchev–Trinajstić information content (AvgIpc) is 2.61. The highest BCUT2D eigenvalue weighted by molar-refractivity contribution is 6.31. The van der Waals surface area contributed by atoms with Crippen molar-refractivity contribution >= 4 is 17.6 Å². The van der Waals surface area contributed by atoms with Crippen molar-refractivity contribution in [1.82, 2.24) is 5.32 Å². The number of nitrogens with one attached hydrogen (secondary N) is 1. The molecular weight excluding hydrogens is 326 g/mol. The van der Waals surface area contributed by atoms with E-state index in [1.165, 1.54) is 7.11 Å². The summed E-state index contributed by atoms with van der Waals surface area (Å²) in [7, 11) is 1.34. The van der Waals surface area contributed by atoms with E-state index >= 15 is 0 Å². The molecule has 2 rings (SSSR count). The van der Waals surface area contributed by atoms with E-state index in [-0.39, 0.29) is 6.04 Å². The van der Waals surface area contributed by atoms with Gasteiger partial charge in [0.2, 0.25) is 0 Å². The van der Waals surface area contributed by atoms with Crippen LogP contribution in [0.5, 0.6) is 0 Å². The van der Waals surface area contributed by atoms with Gasteiger partial charge in [-0.15, -0.1) is 0 Å². The first-order chi connectivity index (χ1) is 11.5. The molecule has 128 valence electrons. The first kappa shape index (κ1) is 18.5. The van der Waals surface area contributed by atoms with Crippen molar-refractivity contribution in [2.45, 2.75) is 25.5 Å². The quantitative estimate of drug-likeness (QED) is 0.754. The number of benzene rings is 2. The number of hydrogen-bond acceptors (Lipinski definition) is 4. The maximum absolute atomic E-state index is 11.5. The summed E-state index contributed by atoms with van der Waals surface area (Å²) in [5.41, 5.74) is 2.27. The number of carbonyl (C=O) groups excluding carboxylic acids is 1. The molecule has 0 fully saturated rings. The molecule has 0 saturated heterocycles. The number of aliphatic hydroxyl groups excluding tert-OH is 1. The molecule has 0 aliphatic carbocycles. The second-order valence-electron chi connectivity index (χ2n) is 5.74. The molecule has 0 heterocycles. The number of carbonyl (C=O) groups is 1. The molecule has 0 bridgehead atoms. The monoisotopic (exact) mass is 347 g/mol. The molecule has 0 spiro atoms. The number of methoxy groups -OCH3 is 1. The number of aliphatic hydroxyl groups is 1. The molecule has 2 aromatic carbocycles. The van der Waals surface area contributed by atoms with Crippen LogP contribution in [0.4, 0.5) is 0 Å². The molecule has 2 atom stereocenters. The molecule has 0 radical (unpaired) electrons. The van der Waals surface area contributed by atoms with Gasteiger partial charge in [0.15, 0.2) is 0 Å². The van der Waals surface area contributed by atoms with Crippen molar-refractivity contribution in [3.63, 3.8) is 0 Å². The Morgan fingerprint density at radius 1 is 1.25 bits per heavy atom. The van der Waals surface area contributed by atoms with Gasteiger partial charge in [0, 0.05) is 17.6 Å². The summed E-state index contributed by atoms with van der Waals surface area (Å²) in [6.45, 7) is 2.49. The fourth-order valence-electron chi connectivity index (χ4n) is 2.47. The third-order valence-electron chi connectivity index (χ3n) is 3.84. The Balaban J connectivity index is 1.90. The molecule has 0 saturated carbocycles. The lowest BCUT2D eigenvalue weighted by molar-refractivity contribution is 0.0600. The number of esters is 1. The van der Waals surface area contributed by atoms with Crippen molar-refractivity contribution in [3.8, 4) is 0 Å². The molecule has 5 heteroatoms. The van der Waals surface area contributed by atoms with Crippen molar-refractivity contribution in [1.29, 1.82) is 0 Å². The van der Waals surface area contributed by atoms with Crippen molar-refractivity contribution in [2.75, 3.05) is 13.7 Å². The lowest BCUT2D eigenvalue weighted by Gasteiger charge is -2.18. The molecule has 2 unspecified atom stereocenters. The van der Waals surface area contributed by atoms with Gasteiger partial charge in [0.25, 0.3) is 0 Å². The minimum Gasteiger partial charge on any atom is -0.465 e. The lowest BCUT2D eigenvalue weighted by Crippen LogP contribution is -2.32. The zero-order chi connectivity index (χ0) is 17.5. The van der Waals surface area contributed by atoms with E-state index in [1.807, 2.05) is 43.3 Å². The first-order valence-electron chi connectivity index (χ1n) is 7.84. The SMILES string of the molecule is COC(=O)c1ccc(CC(C)NCC(O)c2ccccc2)c(Cl)c1. The lowest BCUT2D eigenvalue weighted by atomic mass is 10.0. The standard InChI is InChI=1S/C19H22ClNO3/c1-13(21-12-18(22)14-6-4-3-5-7-14)10-15-8-9-16(11-17(15)20)19(23)24-2/h3-9,11,13,18,21-22H,10,12H2,1-2H3. The highest BCUT2D eigenvalue weighted by Crippen LogP contribution is 2.20. The molecule has 0 amide bonds. The smallest absolute Gasteiger partial charge is 0.337 e. The van der Waals surface area contributed by atoms with Gasteiger partial charge < -0.3 is 15.2 Å². The Labute approximate surface area is 147 Å². The van der Waals surface area contributed by atoms with Crippen LogP contribution in [0.3, 0.4) is 0 Å². The molecule has 4 nitrogen and oxygen atoms in total. The van der Waals surface area contributed by atoms with Crippen LogP contribution < -0.4 is 5.32 Å². The minimum atomic E-state index is -0.550. The van der Waals surface area contributed by atoms with Gasteiger partial charge in [0.1, 0.15) is 0 Å². The second-order valence-corrected chi connectivity index (χ2v) is 6.14. The Hall–Kier alpha value is -1.88. The van der Waals surface area contributed by atoms with Gasteiger partial charge in [-0.25, -0.2) is 4.79 Å². The maximum Gasteiger partial charge on any atom is 0.337 e. The summed E-state index contributed by atoms with van der Waals surface area (Å²) in [5, 5.41) is 14.0. The number of ether oxygens (including phenoxy) is 1. The largest absolute Gasteiger partial charge is 0.465 e.